The highest BCUT2D eigenvalue weighted by Gasteiger charge is 2.48. The third kappa shape index (κ3) is 2.23. The molecule has 0 aliphatic heterocycles. The molecule has 2 rings (SSSR count). The van der Waals surface area contributed by atoms with E-state index in [9.17, 15) is 9.18 Å². The quantitative estimate of drug-likeness (QED) is 0.827. The fraction of sp³-hybridized carbons (Fsp3) is 0.462. The highest BCUT2D eigenvalue weighted by molar-refractivity contribution is 5.94. The van der Waals surface area contributed by atoms with E-state index in [1.165, 1.54) is 12.1 Å². The summed E-state index contributed by atoms with van der Waals surface area (Å²) in [5.41, 5.74) is 0.469. The Morgan fingerprint density at radius 1 is 1.38 bits per heavy atom. The number of hydrogen-bond donors (Lipinski definition) is 1. The maximum atomic E-state index is 12.7. The van der Waals surface area contributed by atoms with Gasteiger partial charge in [-0.1, -0.05) is 6.92 Å². The zero-order valence-corrected chi connectivity index (χ0v) is 9.42. The van der Waals surface area contributed by atoms with Gasteiger partial charge in [-0.15, -0.1) is 0 Å². The maximum Gasteiger partial charge on any atom is 0.158 e. The largest absolute Gasteiger partial charge is 0.373 e. The van der Waals surface area contributed by atoms with Crippen molar-refractivity contribution in [2.24, 2.45) is 0 Å². The van der Waals surface area contributed by atoms with Crippen LogP contribution in [0.4, 0.5) is 10.1 Å². The van der Waals surface area contributed by atoms with Gasteiger partial charge in [0.25, 0.3) is 0 Å². The van der Waals surface area contributed by atoms with Gasteiger partial charge in [-0.25, -0.2) is 4.39 Å². The van der Waals surface area contributed by atoms with Crippen LogP contribution >= 0.6 is 0 Å². The molecular weight excluding hydrogens is 205 g/mol. The minimum absolute atomic E-state index is 0.254. The first-order valence-corrected chi connectivity index (χ1v) is 5.73. The van der Waals surface area contributed by atoms with Gasteiger partial charge in [0.15, 0.2) is 5.78 Å². The summed E-state index contributed by atoms with van der Waals surface area (Å²) in [6.07, 6.45) is 3.28. The van der Waals surface area contributed by atoms with Crippen LogP contribution in [0.15, 0.2) is 24.3 Å². The molecule has 0 heterocycles. The van der Waals surface area contributed by atoms with Gasteiger partial charge in [-0.3, -0.25) is 4.79 Å². The molecule has 0 spiro atoms. The lowest BCUT2D eigenvalue weighted by molar-refractivity contribution is -0.120. The van der Waals surface area contributed by atoms with Crippen LogP contribution in [0.25, 0.3) is 0 Å². The molecule has 2 nitrogen and oxygen atoms in total. The van der Waals surface area contributed by atoms with E-state index in [1.807, 2.05) is 6.92 Å². The van der Waals surface area contributed by atoms with Gasteiger partial charge in [0.1, 0.15) is 5.82 Å². The van der Waals surface area contributed by atoms with Gasteiger partial charge in [-0.2, -0.15) is 0 Å². The van der Waals surface area contributed by atoms with E-state index < -0.39 is 0 Å². The molecule has 1 saturated carbocycles. The monoisotopic (exact) mass is 221 g/mol. The number of anilines is 1. The maximum absolute atomic E-state index is 12.7. The summed E-state index contributed by atoms with van der Waals surface area (Å²) in [6, 6.07) is 6.16. The van der Waals surface area contributed by atoms with Crippen LogP contribution in [0.5, 0.6) is 0 Å². The first-order chi connectivity index (χ1) is 7.66. The van der Waals surface area contributed by atoms with Crippen molar-refractivity contribution in [2.45, 2.75) is 38.1 Å². The van der Waals surface area contributed by atoms with Crippen molar-refractivity contribution in [1.82, 2.24) is 0 Å². The van der Waals surface area contributed by atoms with Crippen molar-refractivity contribution in [3.8, 4) is 0 Å². The number of hydrogen-bond acceptors (Lipinski definition) is 2. The second-order valence-electron chi connectivity index (χ2n) is 4.39. The van der Waals surface area contributed by atoms with Crippen LogP contribution in [0.2, 0.25) is 0 Å². The minimum Gasteiger partial charge on any atom is -0.373 e. The number of carbonyl (C=O) groups excluding carboxylic acids is 1. The summed E-state index contributed by atoms with van der Waals surface area (Å²) in [5, 5.41) is 3.22. The molecule has 1 N–H and O–H groups in total. The molecule has 1 aliphatic carbocycles. The Morgan fingerprint density at radius 3 is 2.50 bits per heavy atom. The highest BCUT2D eigenvalue weighted by Crippen LogP contribution is 2.40. The molecule has 0 bridgehead atoms. The molecule has 0 unspecified atom stereocenters. The Hall–Kier alpha value is -1.38. The fourth-order valence-electron chi connectivity index (χ4n) is 1.87. The third-order valence-corrected chi connectivity index (χ3v) is 2.99. The van der Waals surface area contributed by atoms with E-state index >= 15 is 0 Å². The summed E-state index contributed by atoms with van der Waals surface area (Å²) < 4.78 is 12.7. The van der Waals surface area contributed by atoms with Crippen LogP contribution < -0.4 is 5.32 Å². The first kappa shape index (κ1) is 11.1. The fourth-order valence-corrected chi connectivity index (χ4v) is 1.87. The Kier molecular flexibility index (Phi) is 2.95. The van der Waals surface area contributed by atoms with Crippen molar-refractivity contribution >= 4 is 11.5 Å². The van der Waals surface area contributed by atoms with Crippen LogP contribution in [0.1, 0.15) is 32.6 Å². The Labute approximate surface area is 94.9 Å². The molecule has 0 amide bonds. The standard InChI is InChI=1S/C13H16FNO/c1-2-3-12(16)13(8-9-13)15-11-6-4-10(14)5-7-11/h4-7,15H,2-3,8-9H2,1H3. The van der Waals surface area contributed by atoms with E-state index in [2.05, 4.69) is 5.32 Å². The molecule has 1 aliphatic rings. The SMILES string of the molecule is CCCC(=O)C1(Nc2ccc(F)cc2)CC1. The molecular formula is C13H16FNO. The number of Topliss-reactive ketones (excluding diaryl/α,β-unsaturated/α-hetero) is 1. The lowest BCUT2D eigenvalue weighted by Crippen LogP contribution is -2.31. The Bertz CT molecular complexity index is 381. The second-order valence-corrected chi connectivity index (χ2v) is 4.39. The highest BCUT2D eigenvalue weighted by atomic mass is 19.1. The molecule has 1 aromatic rings. The molecule has 0 saturated heterocycles. The lowest BCUT2D eigenvalue weighted by Gasteiger charge is -2.17. The number of ketones is 1. The zero-order valence-electron chi connectivity index (χ0n) is 9.42. The summed E-state index contributed by atoms with van der Waals surface area (Å²) >= 11 is 0. The molecule has 0 aromatic heterocycles. The number of carbonyl (C=O) groups is 1. The van der Waals surface area contributed by atoms with Gasteiger partial charge in [0, 0.05) is 12.1 Å². The third-order valence-electron chi connectivity index (χ3n) is 2.99. The van der Waals surface area contributed by atoms with Gasteiger partial charge >= 0.3 is 0 Å². The molecule has 16 heavy (non-hydrogen) atoms. The summed E-state index contributed by atoms with van der Waals surface area (Å²) in [7, 11) is 0. The van der Waals surface area contributed by atoms with Gasteiger partial charge in [-0.05, 0) is 43.5 Å². The zero-order chi connectivity index (χ0) is 11.6. The van der Waals surface area contributed by atoms with Gasteiger partial charge in [0.05, 0.1) is 5.54 Å². The van der Waals surface area contributed by atoms with Crippen molar-refractivity contribution in [3.63, 3.8) is 0 Å². The molecule has 3 heteroatoms. The van der Waals surface area contributed by atoms with Crippen molar-refractivity contribution < 1.29 is 9.18 Å². The molecule has 1 aromatic carbocycles. The van der Waals surface area contributed by atoms with E-state index in [0.717, 1.165) is 24.9 Å². The number of halogens is 1. The van der Waals surface area contributed by atoms with Crippen LogP contribution in [0.3, 0.4) is 0 Å². The van der Waals surface area contributed by atoms with Crippen molar-refractivity contribution in [2.75, 3.05) is 5.32 Å². The van der Waals surface area contributed by atoms with Gasteiger partial charge in [0.2, 0.25) is 0 Å². The van der Waals surface area contributed by atoms with E-state index in [0.29, 0.717) is 6.42 Å². The Balaban J connectivity index is 2.04. The lowest BCUT2D eigenvalue weighted by atomic mass is 10.1. The van der Waals surface area contributed by atoms with E-state index in [4.69, 9.17) is 0 Å². The topological polar surface area (TPSA) is 29.1 Å². The average Bonchev–Trinajstić information content (AvgIpc) is 3.03. The molecule has 0 atom stereocenters. The Morgan fingerprint density at radius 2 is 2.00 bits per heavy atom. The molecule has 86 valence electrons. The van der Waals surface area contributed by atoms with Crippen molar-refractivity contribution in [3.05, 3.63) is 30.1 Å². The second kappa shape index (κ2) is 4.24. The minimum atomic E-state index is -0.353. The van der Waals surface area contributed by atoms with E-state index in [1.54, 1.807) is 12.1 Å². The van der Waals surface area contributed by atoms with Crippen LogP contribution in [-0.2, 0) is 4.79 Å². The summed E-state index contributed by atoms with van der Waals surface area (Å²) in [5.74, 6) is 0.0228. The predicted molar refractivity (Wildman–Crippen MR) is 61.9 cm³/mol. The number of nitrogens with one attached hydrogen (secondary N) is 1. The summed E-state index contributed by atoms with van der Waals surface area (Å²) in [6.45, 7) is 2.01. The predicted octanol–water partition coefficient (Wildman–Crippen LogP) is 3.14. The van der Waals surface area contributed by atoms with Gasteiger partial charge < -0.3 is 5.32 Å². The number of rotatable bonds is 5. The van der Waals surface area contributed by atoms with Crippen LogP contribution in [-0.4, -0.2) is 11.3 Å². The first-order valence-electron chi connectivity index (χ1n) is 5.73. The molecule has 0 radical (unpaired) electrons. The van der Waals surface area contributed by atoms with Crippen molar-refractivity contribution in [1.29, 1.82) is 0 Å². The normalized spacial score (nSPS) is 16.9. The van der Waals surface area contributed by atoms with E-state index in [-0.39, 0.29) is 17.1 Å². The smallest absolute Gasteiger partial charge is 0.158 e. The number of benzene rings is 1. The molecule has 1 fully saturated rings. The average molecular weight is 221 g/mol. The summed E-state index contributed by atoms with van der Waals surface area (Å²) in [4.78, 5) is 11.9. The van der Waals surface area contributed by atoms with Crippen LogP contribution in [0, 0.1) is 5.82 Å².